The summed E-state index contributed by atoms with van der Waals surface area (Å²) in [6.07, 6.45) is 10.8. The normalized spacial score (nSPS) is 19.3. The van der Waals surface area contributed by atoms with Crippen molar-refractivity contribution in [3.8, 4) is 0 Å². The molecule has 98 valence electrons. The van der Waals surface area contributed by atoms with E-state index in [2.05, 4.69) is 49.2 Å². The number of para-hydroxylation sites is 1. The van der Waals surface area contributed by atoms with E-state index in [1.54, 1.807) is 0 Å². The van der Waals surface area contributed by atoms with Crippen molar-refractivity contribution in [2.24, 2.45) is 0 Å². The molecular formula is C18H21N. The first kappa shape index (κ1) is 13.4. The zero-order chi connectivity index (χ0) is 13.5. The van der Waals surface area contributed by atoms with Gasteiger partial charge in [0.2, 0.25) is 0 Å². The lowest BCUT2D eigenvalue weighted by Crippen LogP contribution is -2.03. The van der Waals surface area contributed by atoms with Gasteiger partial charge in [0.15, 0.2) is 0 Å². The quantitative estimate of drug-likeness (QED) is 0.804. The SMILES string of the molecule is C=C/C=C1/C(C)=CCC/C1=C/CNc1ccccc1. The lowest BCUT2D eigenvalue weighted by molar-refractivity contribution is 0.937. The number of benzene rings is 1. The number of nitrogens with one attached hydrogen (secondary N) is 1. The van der Waals surface area contributed by atoms with Crippen LogP contribution in [0, 0.1) is 0 Å². The Morgan fingerprint density at radius 2 is 2.05 bits per heavy atom. The van der Waals surface area contributed by atoms with Gasteiger partial charge in [-0.25, -0.2) is 0 Å². The van der Waals surface area contributed by atoms with Crippen LogP contribution in [0.1, 0.15) is 19.8 Å². The van der Waals surface area contributed by atoms with E-state index in [4.69, 9.17) is 0 Å². The zero-order valence-electron chi connectivity index (χ0n) is 11.5. The Morgan fingerprint density at radius 1 is 1.26 bits per heavy atom. The molecule has 1 nitrogen and oxygen atoms in total. The first-order chi connectivity index (χ1) is 9.31. The van der Waals surface area contributed by atoms with Crippen molar-refractivity contribution in [3.05, 3.63) is 77.9 Å². The second-order valence-corrected chi connectivity index (χ2v) is 4.72. The second kappa shape index (κ2) is 6.79. The van der Waals surface area contributed by atoms with Crippen molar-refractivity contribution in [2.45, 2.75) is 19.8 Å². The van der Waals surface area contributed by atoms with Crippen molar-refractivity contribution in [3.63, 3.8) is 0 Å². The van der Waals surface area contributed by atoms with Crippen molar-refractivity contribution >= 4 is 5.69 Å². The molecule has 1 aromatic carbocycles. The van der Waals surface area contributed by atoms with Crippen LogP contribution in [0.2, 0.25) is 0 Å². The summed E-state index contributed by atoms with van der Waals surface area (Å²) < 4.78 is 0. The average Bonchev–Trinajstić information content (AvgIpc) is 2.44. The first-order valence-corrected chi connectivity index (χ1v) is 6.79. The first-order valence-electron chi connectivity index (χ1n) is 6.79. The van der Waals surface area contributed by atoms with E-state index in [1.807, 2.05) is 24.3 Å². The van der Waals surface area contributed by atoms with E-state index in [1.165, 1.54) is 16.7 Å². The Hall–Kier alpha value is -2.02. The molecule has 1 aliphatic carbocycles. The molecule has 0 spiro atoms. The number of hydrogen-bond donors (Lipinski definition) is 1. The fourth-order valence-corrected chi connectivity index (χ4v) is 2.36. The van der Waals surface area contributed by atoms with Crippen molar-refractivity contribution in [1.29, 1.82) is 0 Å². The summed E-state index contributed by atoms with van der Waals surface area (Å²) >= 11 is 0. The summed E-state index contributed by atoms with van der Waals surface area (Å²) in [6.45, 7) is 6.84. The summed E-state index contributed by atoms with van der Waals surface area (Å²) in [4.78, 5) is 0. The zero-order valence-corrected chi connectivity index (χ0v) is 11.5. The molecule has 0 aliphatic heterocycles. The number of allylic oxidation sites excluding steroid dienone is 6. The molecule has 0 heterocycles. The van der Waals surface area contributed by atoms with E-state index >= 15 is 0 Å². The Balaban J connectivity index is 2.04. The molecule has 0 aromatic heterocycles. The Bertz CT molecular complexity index is 518. The molecule has 0 saturated carbocycles. The van der Waals surface area contributed by atoms with Crippen LogP contribution in [-0.4, -0.2) is 6.54 Å². The summed E-state index contributed by atoms with van der Waals surface area (Å²) in [5, 5.41) is 3.42. The Morgan fingerprint density at radius 3 is 2.79 bits per heavy atom. The molecule has 0 atom stereocenters. The van der Waals surface area contributed by atoms with Gasteiger partial charge in [-0.3, -0.25) is 0 Å². The van der Waals surface area contributed by atoms with Crippen molar-refractivity contribution < 1.29 is 0 Å². The fourth-order valence-electron chi connectivity index (χ4n) is 2.36. The highest BCUT2D eigenvalue weighted by atomic mass is 14.8. The van der Waals surface area contributed by atoms with E-state index in [-0.39, 0.29) is 0 Å². The summed E-state index contributed by atoms with van der Waals surface area (Å²) in [5.41, 5.74) is 5.27. The van der Waals surface area contributed by atoms with Crippen LogP contribution in [0.5, 0.6) is 0 Å². The predicted molar refractivity (Wildman–Crippen MR) is 84.3 cm³/mol. The van der Waals surface area contributed by atoms with Gasteiger partial charge in [-0.2, -0.15) is 0 Å². The molecule has 0 amide bonds. The average molecular weight is 251 g/mol. The highest BCUT2D eigenvalue weighted by Gasteiger charge is 2.10. The molecule has 0 bridgehead atoms. The minimum atomic E-state index is 0.862. The maximum atomic E-state index is 3.81. The maximum Gasteiger partial charge on any atom is 0.0342 e. The van der Waals surface area contributed by atoms with Crippen LogP contribution in [0.15, 0.2) is 77.9 Å². The third-order valence-electron chi connectivity index (χ3n) is 3.35. The largest absolute Gasteiger partial charge is 0.382 e. The summed E-state index contributed by atoms with van der Waals surface area (Å²) in [5.74, 6) is 0. The maximum absolute atomic E-state index is 3.81. The molecule has 0 unspecified atom stereocenters. The van der Waals surface area contributed by atoms with E-state index in [0.717, 1.165) is 25.1 Å². The highest BCUT2D eigenvalue weighted by molar-refractivity contribution is 5.51. The number of anilines is 1. The second-order valence-electron chi connectivity index (χ2n) is 4.72. The fraction of sp³-hybridized carbons (Fsp3) is 0.222. The standard InChI is InChI=1S/C18H21N/c1-3-8-18-15(2)9-7-10-16(18)13-14-19-17-11-5-4-6-12-17/h3-6,8-9,11-13,19H,1,7,10,14H2,2H3/b16-13-,18-8-. The molecule has 1 N–H and O–H groups in total. The minimum absolute atomic E-state index is 0.862. The van der Waals surface area contributed by atoms with Gasteiger partial charge in [0.1, 0.15) is 0 Å². The van der Waals surface area contributed by atoms with E-state index in [9.17, 15) is 0 Å². The van der Waals surface area contributed by atoms with Crippen LogP contribution in [-0.2, 0) is 0 Å². The van der Waals surface area contributed by atoms with Crippen LogP contribution in [0.4, 0.5) is 5.69 Å². The summed E-state index contributed by atoms with van der Waals surface area (Å²) in [6, 6.07) is 10.3. The number of rotatable bonds is 4. The molecule has 0 saturated heterocycles. The van der Waals surface area contributed by atoms with Crippen molar-refractivity contribution in [1.82, 2.24) is 0 Å². The lowest BCUT2D eigenvalue weighted by Gasteiger charge is -2.18. The van der Waals surface area contributed by atoms with Gasteiger partial charge in [-0.15, -0.1) is 0 Å². The van der Waals surface area contributed by atoms with Gasteiger partial charge < -0.3 is 5.32 Å². The van der Waals surface area contributed by atoms with Gasteiger partial charge in [-0.1, -0.05) is 49.1 Å². The molecule has 0 fully saturated rings. The highest BCUT2D eigenvalue weighted by Crippen LogP contribution is 2.29. The van der Waals surface area contributed by atoms with Crippen LogP contribution in [0.25, 0.3) is 0 Å². The van der Waals surface area contributed by atoms with E-state index in [0.29, 0.717) is 0 Å². The molecule has 0 radical (unpaired) electrons. The Labute approximate surface area is 116 Å². The summed E-state index contributed by atoms with van der Waals surface area (Å²) in [7, 11) is 0. The topological polar surface area (TPSA) is 12.0 Å². The van der Waals surface area contributed by atoms with Gasteiger partial charge in [-0.05, 0) is 48.6 Å². The van der Waals surface area contributed by atoms with Crippen LogP contribution in [0.3, 0.4) is 0 Å². The molecule has 1 aliphatic rings. The molecule has 1 aromatic rings. The molecular weight excluding hydrogens is 230 g/mol. The number of hydrogen-bond acceptors (Lipinski definition) is 1. The third kappa shape index (κ3) is 3.72. The smallest absolute Gasteiger partial charge is 0.0342 e. The predicted octanol–water partition coefficient (Wildman–Crippen LogP) is 4.88. The van der Waals surface area contributed by atoms with Crippen LogP contribution >= 0.6 is 0 Å². The van der Waals surface area contributed by atoms with Gasteiger partial charge in [0.05, 0.1) is 0 Å². The third-order valence-corrected chi connectivity index (χ3v) is 3.35. The van der Waals surface area contributed by atoms with Crippen LogP contribution < -0.4 is 5.32 Å². The molecule has 2 rings (SSSR count). The van der Waals surface area contributed by atoms with Gasteiger partial charge in [0.25, 0.3) is 0 Å². The molecule has 1 heteroatoms. The lowest BCUT2D eigenvalue weighted by atomic mass is 9.89. The monoisotopic (exact) mass is 251 g/mol. The minimum Gasteiger partial charge on any atom is -0.382 e. The van der Waals surface area contributed by atoms with Crippen molar-refractivity contribution in [2.75, 3.05) is 11.9 Å². The molecule has 19 heavy (non-hydrogen) atoms. The van der Waals surface area contributed by atoms with Gasteiger partial charge in [0, 0.05) is 12.2 Å². The van der Waals surface area contributed by atoms with E-state index < -0.39 is 0 Å². The van der Waals surface area contributed by atoms with Gasteiger partial charge >= 0.3 is 0 Å². The Kier molecular flexibility index (Phi) is 4.79.